The minimum atomic E-state index is 0.455. The topological polar surface area (TPSA) is 37.8 Å². The molecule has 0 aliphatic carbocycles. The molecule has 0 fully saturated rings. The van der Waals surface area contributed by atoms with E-state index in [0.29, 0.717) is 6.04 Å². The van der Waals surface area contributed by atoms with E-state index in [1.165, 1.54) is 17.1 Å². The van der Waals surface area contributed by atoms with Crippen LogP contribution in [0, 0.1) is 0 Å². The molecule has 0 aliphatic heterocycles. The molecule has 1 aromatic heterocycles. The first kappa shape index (κ1) is 15.8. The van der Waals surface area contributed by atoms with E-state index in [-0.39, 0.29) is 0 Å². The van der Waals surface area contributed by atoms with Crippen LogP contribution in [0.1, 0.15) is 32.2 Å². The summed E-state index contributed by atoms with van der Waals surface area (Å²) in [7, 11) is 0. The van der Waals surface area contributed by atoms with Crippen LogP contribution in [0.25, 0.3) is 0 Å². The van der Waals surface area contributed by atoms with Crippen molar-refractivity contribution in [3.05, 3.63) is 34.6 Å². The second-order valence-corrected chi connectivity index (χ2v) is 7.20. The van der Waals surface area contributed by atoms with Crippen LogP contribution in [0.3, 0.4) is 0 Å². The molecule has 1 N–H and O–H groups in total. The summed E-state index contributed by atoms with van der Waals surface area (Å²) in [6.07, 6.45) is 0.869. The van der Waals surface area contributed by atoms with Gasteiger partial charge in [0.1, 0.15) is 5.82 Å². The van der Waals surface area contributed by atoms with E-state index < -0.39 is 0 Å². The second-order valence-electron chi connectivity index (χ2n) is 4.72. The van der Waals surface area contributed by atoms with Gasteiger partial charge in [-0.05, 0) is 29.2 Å². The van der Waals surface area contributed by atoms with Gasteiger partial charge in [0.05, 0.1) is 0 Å². The molecule has 0 saturated carbocycles. The fraction of sp³-hybridized carbons (Fsp3) is 0.429. The lowest BCUT2D eigenvalue weighted by Crippen LogP contribution is -2.22. The highest BCUT2D eigenvalue weighted by molar-refractivity contribution is 8.01. The molecule has 2 aromatic rings. The van der Waals surface area contributed by atoms with Crippen LogP contribution < -0.4 is 5.32 Å². The van der Waals surface area contributed by atoms with Crippen molar-refractivity contribution in [1.82, 2.24) is 14.7 Å². The summed E-state index contributed by atoms with van der Waals surface area (Å²) in [5.41, 5.74) is 1.24. The van der Waals surface area contributed by atoms with E-state index in [2.05, 4.69) is 41.5 Å². The Morgan fingerprint density at radius 2 is 2.20 bits per heavy atom. The minimum Gasteiger partial charge on any atom is -0.310 e. The summed E-state index contributed by atoms with van der Waals surface area (Å²) in [5, 5.41) is 4.19. The zero-order chi connectivity index (χ0) is 14.5. The first-order chi connectivity index (χ1) is 9.58. The van der Waals surface area contributed by atoms with Crippen LogP contribution in [0.5, 0.6) is 0 Å². The molecule has 108 valence electrons. The van der Waals surface area contributed by atoms with Crippen LogP contribution in [0.2, 0.25) is 5.02 Å². The molecule has 0 atom stereocenters. The third-order valence-electron chi connectivity index (χ3n) is 2.69. The predicted molar refractivity (Wildman–Crippen MR) is 86.8 cm³/mol. The Hall–Kier alpha value is -0.620. The van der Waals surface area contributed by atoms with Gasteiger partial charge in [0.2, 0.25) is 0 Å². The fourth-order valence-electron chi connectivity index (χ4n) is 1.60. The molecule has 0 spiro atoms. The predicted octanol–water partition coefficient (Wildman–Crippen LogP) is 4.40. The molecular weight excluding hydrogens is 310 g/mol. The van der Waals surface area contributed by atoms with Crippen LogP contribution in [0.4, 0.5) is 0 Å². The molecule has 0 aliphatic rings. The smallest absolute Gasteiger partial charge is 0.174 e. The van der Waals surface area contributed by atoms with Gasteiger partial charge < -0.3 is 5.32 Å². The SMILES string of the molecule is CCc1nsc(Sc2cc(Cl)ccc2CNC(C)C)n1. The average Bonchev–Trinajstić information content (AvgIpc) is 2.85. The zero-order valence-electron chi connectivity index (χ0n) is 11.8. The van der Waals surface area contributed by atoms with Crippen molar-refractivity contribution in [2.75, 3.05) is 0 Å². The Labute approximate surface area is 133 Å². The molecule has 3 nitrogen and oxygen atoms in total. The minimum absolute atomic E-state index is 0.455. The van der Waals surface area contributed by atoms with E-state index in [4.69, 9.17) is 11.6 Å². The van der Waals surface area contributed by atoms with E-state index >= 15 is 0 Å². The number of nitrogens with one attached hydrogen (secondary N) is 1. The zero-order valence-corrected chi connectivity index (χ0v) is 14.2. The highest BCUT2D eigenvalue weighted by Crippen LogP contribution is 2.33. The fourth-order valence-corrected chi connectivity index (χ4v) is 3.66. The van der Waals surface area contributed by atoms with Crippen molar-refractivity contribution in [2.24, 2.45) is 0 Å². The van der Waals surface area contributed by atoms with Crippen LogP contribution in [0.15, 0.2) is 27.4 Å². The van der Waals surface area contributed by atoms with E-state index in [9.17, 15) is 0 Å². The second kappa shape index (κ2) is 7.41. The monoisotopic (exact) mass is 327 g/mol. The van der Waals surface area contributed by atoms with Gasteiger partial charge in [-0.3, -0.25) is 0 Å². The number of hydrogen-bond acceptors (Lipinski definition) is 5. The first-order valence-electron chi connectivity index (χ1n) is 6.60. The normalized spacial score (nSPS) is 11.2. The largest absolute Gasteiger partial charge is 0.310 e. The molecule has 0 unspecified atom stereocenters. The summed E-state index contributed by atoms with van der Waals surface area (Å²) in [4.78, 5) is 5.64. The molecule has 0 radical (unpaired) electrons. The van der Waals surface area contributed by atoms with E-state index in [0.717, 1.165) is 33.0 Å². The number of benzene rings is 1. The van der Waals surface area contributed by atoms with Crippen molar-refractivity contribution in [2.45, 2.75) is 49.0 Å². The average molecular weight is 328 g/mol. The van der Waals surface area contributed by atoms with Crippen molar-refractivity contribution in [1.29, 1.82) is 0 Å². The van der Waals surface area contributed by atoms with Gasteiger partial charge in [-0.2, -0.15) is 4.37 Å². The third kappa shape index (κ3) is 4.45. The highest BCUT2D eigenvalue weighted by Gasteiger charge is 2.10. The van der Waals surface area contributed by atoms with Gasteiger partial charge in [0, 0.05) is 28.9 Å². The van der Waals surface area contributed by atoms with Crippen LogP contribution >= 0.6 is 34.9 Å². The van der Waals surface area contributed by atoms with Crippen molar-refractivity contribution < 1.29 is 0 Å². The maximum atomic E-state index is 6.11. The Kier molecular flexibility index (Phi) is 5.84. The van der Waals surface area contributed by atoms with Crippen molar-refractivity contribution in [3.63, 3.8) is 0 Å². The quantitative estimate of drug-likeness (QED) is 0.853. The van der Waals surface area contributed by atoms with Gasteiger partial charge in [0.25, 0.3) is 0 Å². The van der Waals surface area contributed by atoms with Crippen molar-refractivity contribution >= 4 is 34.9 Å². The molecule has 0 amide bonds. The van der Waals surface area contributed by atoms with Crippen molar-refractivity contribution in [3.8, 4) is 0 Å². The molecule has 6 heteroatoms. The Bertz CT molecular complexity index is 569. The summed E-state index contributed by atoms with van der Waals surface area (Å²) in [5.74, 6) is 0.904. The molecule has 0 bridgehead atoms. The van der Waals surface area contributed by atoms with Gasteiger partial charge in [-0.1, -0.05) is 50.2 Å². The summed E-state index contributed by atoms with van der Waals surface area (Å²) in [6.45, 7) is 7.17. The lowest BCUT2D eigenvalue weighted by molar-refractivity contribution is 0.585. The number of hydrogen-bond donors (Lipinski definition) is 1. The molecule has 20 heavy (non-hydrogen) atoms. The highest BCUT2D eigenvalue weighted by atomic mass is 35.5. The molecule has 0 saturated heterocycles. The van der Waals surface area contributed by atoms with Gasteiger partial charge in [0.15, 0.2) is 4.34 Å². The number of halogens is 1. The van der Waals surface area contributed by atoms with E-state index in [1.807, 2.05) is 12.1 Å². The summed E-state index contributed by atoms with van der Waals surface area (Å²) >= 11 is 9.19. The molecule has 1 aromatic carbocycles. The van der Waals surface area contributed by atoms with E-state index in [1.54, 1.807) is 11.8 Å². The number of nitrogens with zero attached hydrogens (tertiary/aromatic N) is 2. The first-order valence-corrected chi connectivity index (χ1v) is 8.57. The summed E-state index contributed by atoms with van der Waals surface area (Å²) < 4.78 is 5.29. The number of aromatic nitrogens is 2. The number of aryl methyl sites for hydroxylation is 1. The molecule has 1 heterocycles. The van der Waals surface area contributed by atoms with Crippen LogP contribution in [-0.2, 0) is 13.0 Å². The lowest BCUT2D eigenvalue weighted by Gasteiger charge is -2.11. The van der Waals surface area contributed by atoms with Crippen LogP contribution in [-0.4, -0.2) is 15.4 Å². The Balaban J connectivity index is 2.17. The Morgan fingerprint density at radius 1 is 1.40 bits per heavy atom. The third-order valence-corrected chi connectivity index (χ3v) is 4.82. The van der Waals surface area contributed by atoms with Gasteiger partial charge >= 0.3 is 0 Å². The Morgan fingerprint density at radius 3 is 2.85 bits per heavy atom. The van der Waals surface area contributed by atoms with Gasteiger partial charge in [-0.25, -0.2) is 4.98 Å². The molecule has 2 rings (SSSR count). The van der Waals surface area contributed by atoms with Gasteiger partial charge in [-0.15, -0.1) is 0 Å². The standard InChI is InChI=1S/C14H18ClN3S2/c1-4-13-17-14(20-18-13)19-12-7-11(15)6-5-10(12)8-16-9(2)3/h5-7,9,16H,4,8H2,1-3H3. The number of rotatable bonds is 6. The summed E-state index contributed by atoms with van der Waals surface area (Å²) in [6, 6.07) is 6.45. The maximum absolute atomic E-state index is 6.11. The molecular formula is C14H18ClN3S2. The lowest BCUT2D eigenvalue weighted by atomic mass is 10.2. The maximum Gasteiger partial charge on any atom is 0.174 e.